The van der Waals surface area contributed by atoms with Gasteiger partial charge in [0, 0.05) is 16.6 Å². The van der Waals surface area contributed by atoms with Crippen molar-refractivity contribution in [1.29, 1.82) is 0 Å². The Hall–Kier alpha value is -2.84. The molecule has 3 heterocycles. The normalized spacial score (nSPS) is 30.8. The van der Waals surface area contributed by atoms with Gasteiger partial charge >= 0.3 is 0 Å². The fraction of sp³-hybridized carbons (Fsp3) is 0.483. The molecule has 37 heavy (non-hydrogen) atoms. The molecule has 8 heteroatoms. The molecule has 3 aliphatic heterocycles. The highest BCUT2D eigenvalue weighted by molar-refractivity contribution is 8.02. The molecule has 2 aromatic rings. The standard InChI is InChI=1S/C29H35N3O4S/c1-5-20(15-33)32-25(27(35)31-24-16(2)10-9-11-17(24)3)29-18(4)14-21(37-29)22(23(29)28(32)36)26(34)30-19-12-7-6-8-13-19/h6-13,18,20-23,25,33H,5,14-15H2,1-4H3,(H,30,34)(H,31,35)/t18?,20-,21-,22+,23-,25?,29?/m0/s1. The van der Waals surface area contributed by atoms with Gasteiger partial charge in [0.15, 0.2) is 0 Å². The lowest BCUT2D eigenvalue weighted by Crippen LogP contribution is -2.57. The molecule has 3 fully saturated rings. The summed E-state index contributed by atoms with van der Waals surface area (Å²) in [6.07, 6.45) is 1.28. The molecule has 1 spiro atoms. The lowest BCUT2D eigenvalue weighted by Gasteiger charge is -2.40. The number of anilines is 2. The second-order valence-corrected chi connectivity index (χ2v) is 12.2. The van der Waals surface area contributed by atoms with Crippen LogP contribution in [0.25, 0.3) is 0 Å². The largest absolute Gasteiger partial charge is 0.394 e. The third-order valence-corrected chi connectivity index (χ3v) is 10.7. The zero-order valence-electron chi connectivity index (χ0n) is 21.7. The zero-order chi connectivity index (χ0) is 26.5. The Labute approximate surface area is 222 Å². The van der Waals surface area contributed by atoms with Gasteiger partial charge in [-0.2, -0.15) is 0 Å². The molecule has 2 aromatic carbocycles. The maximum absolute atomic E-state index is 14.2. The van der Waals surface area contributed by atoms with Gasteiger partial charge in [-0.3, -0.25) is 14.4 Å². The van der Waals surface area contributed by atoms with Gasteiger partial charge in [0.2, 0.25) is 17.7 Å². The van der Waals surface area contributed by atoms with Gasteiger partial charge in [-0.15, -0.1) is 11.8 Å². The van der Waals surface area contributed by atoms with Crippen LogP contribution in [0.3, 0.4) is 0 Å². The summed E-state index contributed by atoms with van der Waals surface area (Å²) < 4.78 is -0.732. The quantitative estimate of drug-likeness (QED) is 0.512. The molecule has 2 bridgehead atoms. The van der Waals surface area contributed by atoms with Crippen LogP contribution in [0.1, 0.15) is 37.8 Å². The minimum atomic E-state index is -0.777. The van der Waals surface area contributed by atoms with Crippen LogP contribution < -0.4 is 10.6 Å². The van der Waals surface area contributed by atoms with Crippen LogP contribution in [0.15, 0.2) is 48.5 Å². The van der Waals surface area contributed by atoms with Gasteiger partial charge in [-0.25, -0.2) is 0 Å². The number of hydrogen-bond donors (Lipinski definition) is 3. The van der Waals surface area contributed by atoms with Crippen molar-refractivity contribution in [2.45, 2.75) is 62.6 Å². The summed E-state index contributed by atoms with van der Waals surface area (Å²) in [5.74, 6) is -1.72. The molecule has 0 saturated carbocycles. The van der Waals surface area contributed by atoms with Crippen LogP contribution in [0.5, 0.6) is 0 Å². The molecule has 0 aliphatic carbocycles. The maximum Gasteiger partial charge on any atom is 0.248 e. The zero-order valence-corrected chi connectivity index (χ0v) is 22.5. The van der Waals surface area contributed by atoms with Gasteiger partial charge in [-0.05, 0) is 55.9 Å². The van der Waals surface area contributed by atoms with E-state index in [-0.39, 0.29) is 35.5 Å². The number of rotatable bonds is 7. The third-order valence-electron chi connectivity index (χ3n) is 8.58. The summed E-state index contributed by atoms with van der Waals surface area (Å²) in [5.41, 5.74) is 3.34. The van der Waals surface area contributed by atoms with E-state index in [1.807, 2.05) is 69.3 Å². The molecule has 0 aromatic heterocycles. The van der Waals surface area contributed by atoms with Crippen molar-refractivity contribution in [2.24, 2.45) is 17.8 Å². The first-order valence-corrected chi connectivity index (χ1v) is 14.0. The Morgan fingerprint density at radius 3 is 2.38 bits per heavy atom. The summed E-state index contributed by atoms with van der Waals surface area (Å²) in [6, 6.07) is 13.8. The van der Waals surface area contributed by atoms with Gasteiger partial charge in [0.05, 0.1) is 29.2 Å². The molecule has 3 unspecified atom stereocenters. The van der Waals surface area contributed by atoms with E-state index in [9.17, 15) is 19.5 Å². The monoisotopic (exact) mass is 521 g/mol. The Bertz CT molecular complexity index is 1200. The highest BCUT2D eigenvalue weighted by atomic mass is 32.2. The van der Waals surface area contributed by atoms with E-state index < -0.39 is 28.7 Å². The van der Waals surface area contributed by atoms with E-state index in [1.54, 1.807) is 16.7 Å². The highest BCUT2D eigenvalue weighted by Gasteiger charge is 2.76. The number of aliphatic hydroxyl groups excluding tert-OH is 1. The number of carbonyl (C=O) groups is 3. The molecule has 7 atom stereocenters. The van der Waals surface area contributed by atoms with Crippen molar-refractivity contribution in [3.8, 4) is 0 Å². The van der Waals surface area contributed by atoms with Gasteiger partial charge in [-0.1, -0.05) is 50.2 Å². The Morgan fingerprint density at radius 1 is 1.08 bits per heavy atom. The van der Waals surface area contributed by atoms with Crippen molar-refractivity contribution >= 4 is 40.9 Å². The van der Waals surface area contributed by atoms with E-state index in [4.69, 9.17) is 0 Å². The molecule has 3 saturated heterocycles. The summed E-state index contributed by atoms with van der Waals surface area (Å²) in [5, 5.41) is 16.3. The minimum absolute atomic E-state index is 0.0421. The molecule has 5 rings (SSSR count). The number of fused-ring (bicyclic) bond motifs is 1. The predicted molar refractivity (Wildman–Crippen MR) is 146 cm³/mol. The molecule has 3 amide bonds. The fourth-order valence-corrected chi connectivity index (χ4v) is 9.22. The topological polar surface area (TPSA) is 98.7 Å². The number of para-hydroxylation sites is 2. The number of nitrogens with zero attached hydrogens (tertiary/aromatic N) is 1. The number of likely N-dealkylation sites (tertiary alicyclic amines) is 1. The van der Waals surface area contributed by atoms with Crippen LogP contribution in [0, 0.1) is 31.6 Å². The van der Waals surface area contributed by atoms with Gasteiger partial charge in [0.1, 0.15) is 6.04 Å². The highest BCUT2D eigenvalue weighted by Crippen LogP contribution is 2.69. The smallest absolute Gasteiger partial charge is 0.248 e. The summed E-state index contributed by atoms with van der Waals surface area (Å²) in [7, 11) is 0. The van der Waals surface area contributed by atoms with Gasteiger partial charge < -0.3 is 20.6 Å². The van der Waals surface area contributed by atoms with Crippen LogP contribution in [0.2, 0.25) is 0 Å². The number of hydrogen-bond acceptors (Lipinski definition) is 5. The minimum Gasteiger partial charge on any atom is -0.394 e. The lowest BCUT2D eigenvalue weighted by molar-refractivity contribution is -0.141. The fourth-order valence-electron chi connectivity index (χ4n) is 6.82. The predicted octanol–water partition coefficient (Wildman–Crippen LogP) is 3.99. The van der Waals surface area contributed by atoms with Crippen molar-refractivity contribution < 1.29 is 19.5 Å². The van der Waals surface area contributed by atoms with E-state index in [0.29, 0.717) is 12.1 Å². The Morgan fingerprint density at radius 2 is 1.76 bits per heavy atom. The molecule has 0 radical (unpaired) electrons. The van der Waals surface area contributed by atoms with Crippen molar-refractivity contribution in [3.05, 3.63) is 59.7 Å². The molecular formula is C29H35N3O4S. The van der Waals surface area contributed by atoms with Crippen LogP contribution >= 0.6 is 11.8 Å². The maximum atomic E-state index is 14.2. The van der Waals surface area contributed by atoms with Crippen LogP contribution in [-0.2, 0) is 14.4 Å². The second kappa shape index (κ2) is 9.80. The molecule has 196 valence electrons. The molecule has 7 nitrogen and oxygen atoms in total. The number of aryl methyl sites for hydroxylation is 2. The van der Waals surface area contributed by atoms with Gasteiger partial charge in [0.25, 0.3) is 0 Å². The average Bonchev–Trinajstić information content (AvgIpc) is 3.47. The summed E-state index contributed by atoms with van der Waals surface area (Å²) in [4.78, 5) is 43.6. The van der Waals surface area contributed by atoms with E-state index in [2.05, 4.69) is 17.6 Å². The first kappa shape index (κ1) is 25.8. The average molecular weight is 522 g/mol. The number of amides is 3. The molecule has 3 N–H and O–H groups in total. The Kier molecular flexibility index (Phi) is 6.83. The summed E-state index contributed by atoms with van der Waals surface area (Å²) in [6.45, 7) is 7.68. The van der Waals surface area contributed by atoms with Crippen LogP contribution in [0.4, 0.5) is 11.4 Å². The number of aliphatic hydroxyl groups is 1. The van der Waals surface area contributed by atoms with Crippen molar-refractivity contribution in [3.63, 3.8) is 0 Å². The SMILES string of the molecule is CC[C@@H](CO)N1C(=O)[C@@H]2[C@H](C(=O)Nc3ccccc3)[C@@H]3CC(C)C2(S3)C1C(=O)Nc1c(C)cccc1C. The first-order chi connectivity index (χ1) is 17.7. The Balaban J connectivity index is 1.55. The second-order valence-electron chi connectivity index (χ2n) is 10.7. The first-order valence-electron chi connectivity index (χ1n) is 13.1. The molecular weight excluding hydrogens is 486 g/mol. The summed E-state index contributed by atoms with van der Waals surface area (Å²) >= 11 is 1.64. The van der Waals surface area contributed by atoms with Crippen molar-refractivity contribution in [1.82, 2.24) is 4.90 Å². The van der Waals surface area contributed by atoms with E-state index in [1.165, 1.54) is 0 Å². The molecule has 3 aliphatic rings. The number of thioether (sulfide) groups is 1. The van der Waals surface area contributed by atoms with Crippen molar-refractivity contribution in [2.75, 3.05) is 17.2 Å². The van der Waals surface area contributed by atoms with Crippen LogP contribution in [-0.4, -0.2) is 56.4 Å². The van der Waals surface area contributed by atoms with E-state index >= 15 is 0 Å². The lowest BCUT2D eigenvalue weighted by atomic mass is 9.65. The number of carbonyl (C=O) groups excluding carboxylic acids is 3. The number of nitrogens with one attached hydrogen (secondary N) is 2. The third kappa shape index (κ3) is 3.96. The van der Waals surface area contributed by atoms with E-state index in [0.717, 1.165) is 23.2 Å². The number of benzene rings is 2.